The Bertz CT molecular complexity index is 1640. The van der Waals surface area contributed by atoms with Gasteiger partial charge in [-0.1, -0.05) is 104 Å². The minimum atomic E-state index is -2.07. The van der Waals surface area contributed by atoms with E-state index in [2.05, 4.69) is 96.4 Å². The highest BCUT2D eigenvalue weighted by Gasteiger charge is 2.70. The van der Waals surface area contributed by atoms with E-state index in [1.807, 2.05) is 66.7 Å². The number of benzene rings is 3. The number of aliphatic carboxylic acids is 2. The first-order chi connectivity index (χ1) is 27.3. The van der Waals surface area contributed by atoms with Gasteiger partial charge >= 0.3 is 11.9 Å². The highest BCUT2D eigenvalue weighted by atomic mass is 16.5. The van der Waals surface area contributed by atoms with Gasteiger partial charge in [-0.05, 0) is 122 Å². The van der Waals surface area contributed by atoms with Gasteiger partial charge < -0.3 is 19.7 Å². The van der Waals surface area contributed by atoms with Crippen molar-refractivity contribution < 1.29 is 29.3 Å². The second kappa shape index (κ2) is 18.4. The molecule has 3 aromatic rings. The second-order valence-corrected chi connectivity index (χ2v) is 19.8. The number of nitrogens with zero attached hydrogens (tertiary/aromatic N) is 2. The summed E-state index contributed by atoms with van der Waals surface area (Å²) in [5, 5.41) is 23.5. The minimum absolute atomic E-state index is 0.0682. The number of hydrogen-bond acceptors (Lipinski definition) is 6. The highest BCUT2D eigenvalue weighted by Crippen LogP contribution is 2.65. The summed E-state index contributed by atoms with van der Waals surface area (Å²) in [4.78, 5) is 33.9. The molecule has 8 nitrogen and oxygen atoms in total. The molecule has 8 heteroatoms. The normalized spacial score (nSPS) is 20.2. The Labute approximate surface area is 349 Å². The SMILES string of the molecule is CCCC(C1CC(C)(C)N(CCOCc2ccccc2)C(C)(C)C1)(C1CC(C)(C)N(CCOCc2ccccc2)C(C)(C)C1)C(Cc1ccccc1)(C(=O)O)C(=O)O. The van der Waals surface area contributed by atoms with Gasteiger partial charge in [-0.15, -0.1) is 0 Å². The van der Waals surface area contributed by atoms with E-state index in [0.717, 1.165) is 29.8 Å². The van der Waals surface area contributed by atoms with E-state index in [-0.39, 0.29) is 40.4 Å². The van der Waals surface area contributed by atoms with Crippen LogP contribution in [0, 0.1) is 22.7 Å². The lowest BCUT2D eigenvalue weighted by Gasteiger charge is -2.66. The number of rotatable bonds is 19. The van der Waals surface area contributed by atoms with Gasteiger partial charge in [-0.3, -0.25) is 19.4 Å². The fraction of sp³-hybridized carbons (Fsp3) is 0.600. The summed E-state index contributed by atoms with van der Waals surface area (Å²) in [6.07, 6.45) is 3.84. The van der Waals surface area contributed by atoms with Crippen molar-refractivity contribution in [2.45, 2.75) is 143 Å². The van der Waals surface area contributed by atoms with Gasteiger partial charge in [0.1, 0.15) is 0 Å². The van der Waals surface area contributed by atoms with Crippen LogP contribution in [0.3, 0.4) is 0 Å². The minimum Gasteiger partial charge on any atom is -0.480 e. The molecular formula is C50H72N2O6. The lowest BCUT2D eigenvalue weighted by Crippen LogP contribution is -2.71. The van der Waals surface area contributed by atoms with Crippen molar-refractivity contribution in [1.29, 1.82) is 0 Å². The number of piperidine rings is 2. The van der Waals surface area contributed by atoms with Crippen LogP contribution in [0.25, 0.3) is 0 Å². The third-order valence-corrected chi connectivity index (χ3v) is 14.0. The molecule has 58 heavy (non-hydrogen) atoms. The first-order valence-electron chi connectivity index (χ1n) is 21.6. The third kappa shape index (κ3) is 9.57. The van der Waals surface area contributed by atoms with Crippen molar-refractivity contribution in [1.82, 2.24) is 9.80 Å². The smallest absolute Gasteiger partial charge is 0.321 e. The molecule has 0 spiro atoms. The van der Waals surface area contributed by atoms with Crippen molar-refractivity contribution in [3.05, 3.63) is 108 Å². The third-order valence-electron chi connectivity index (χ3n) is 14.0. The average Bonchev–Trinajstić information content (AvgIpc) is 3.15. The molecule has 2 saturated heterocycles. The molecule has 2 fully saturated rings. The summed E-state index contributed by atoms with van der Waals surface area (Å²) in [5.41, 5.74) is -1.58. The molecule has 2 N–H and O–H groups in total. The van der Waals surface area contributed by atoms with Gasteiger partial charge in [0, 0.05) is 40.7 Å². The Kier molecular flexibility index (Phi) is 14.4. The van der Waals surface area contributed by atoms with Gasteiger partial charge in [-0.2, -0.15) is 0 Å². The average molecular weight is 797 g/mol. The Morgan fingerprint density at radius 3 is 1.22 bits per heavy atom. The topological polar surface area (TPSA) is 99.5 Å². The van der Waals surface area contributed by atoms with E-state index < -0.39 is 22.8 Å². The van der Waals surface area contributed by atoms with Crippen LogP contribution >= 0.6 is 0 Å². The van der Waals surface area contributed by atoms with Gasteiger partial charge in [0.15, 0.2) is 5.41 Å². The maximum absolute atomic E-state index is 14.4. The van der Waals surface area contributed by atoms with Gasteiger partial charge in [0.2, 0.25) is 0 Å². The summed E-state index contributed by atoms with van der Waals surface area (Å²) >= 11 is 0. The quantitative estimate of drug-likeness (QED) is 0.0914. The fourth-order valence-corrected chi connectivity index (χ4v) is 12.2. The van der Waals surface area contributed by atoms with Crippen molar-refractivity contribution >= 4 is 11.9 Å². The molecule has 0 aliphatic carbocycles. The molecule has 3 aromatic carbocycles. The molecule has 2 aliphatic heterocycles. The summed E-state index contributed by atoms with van der Waals surface area (Å²) in [7, 11) is 0. The molecule has 0 atom stereocenters. The zero-order valence-corrected chi connectivity index (χ0v) is 36.9. The molecular weight excluding hydrogens is 725 g/mol. The Morgan fingerprint density at radius 2 is 0.914 bits per heavy atom. The lowest BCUT2D eigenvalue weighted by atomic mass is 9.42. The summed E-state index contributed by atoms with van der Waals surface area (Å²) in [5.74, 6) is -2.83. The zero-order valence-electron chi connectivity index (χ0n) is 36.9. The van der Waals surface area contributed by atoms with E-state index in [0.29, 0.717) is 65.0 Å². The zero-order chi connectivity index (χ0) is 42.4. The molecule has 0 amide bonds. The Morgan fingerprint density at radius 1 is 0.586 bits per heavy atom. The maximum atomic E-state index is 14.4. The van der Waals surface area contributed by atoms with E-state index >= 15 is 0 Å². The van der Waals surface area contributed by atoms with Crippen LogP contribution in [0.4, 0.5) is 0 Å². The van der Waals surface area contributed by atoms with Crippen LogP contribution in [-0.2, 0) is 38.7 Å². The lowest BCUT2D eigenvalue weighted by molar-refractivity contribution is -0.211. The van der Waals surface area contributed by atoms with E-state index in [9.17, 15) is 19.8 Å². The van der Waals surface area contributed by atoms with Crippen LogP contribution < -0.4 is 0 Å². The molecule has 0 saturated carbocycles. The number of carbonyl (C=O) groups is 2. The Balaban J connectivity index is 1.55. The first-order valence-corrected chi connectivity index (χ1v) is 21.6. The molecule has 318 valence electrons. The Hall–Kier alpha value is -3.56. The summed E-state index contributed by atoms with van der Waals surface area (Å²) in [6, 6.07) is 29.9. The number of likely N-dealkylation sites (tertiary alicyclic amines) is 2. The van der Waals surface area contributed by atoms with Gasteiger partial charge in [0.05, 0.1) is 26.4 Å². The first kappa shape index (κ1) is 45.5. The largest absolute Gasteiger partial charge is 0.480 e. The van der Waals surface area contributed by atoms with Crippen LogP contribution in [0.15, 0.2) is 91.0 Å². The van der Waals surface area contributed by atoms with Crippen molar-refractivity contribution in [3.8, 4) is 0 Å². The molecule has 0 bridgehead atoms. The second-order valence-electron chi connectivity index (χ2n) is 19.8. The standard InChI is InChI=1S/C50H72N2O6/c1-10-26-49(50(43(53)54,44(55)56)31-38-20-14-11-15-21-38,41-32-45(2,3)51(46(4,5)33-41)27-29-57-36-39-22-16-12-17-23-39)42-34-47(6,7)52(48(8,9)35-42)28-30-58-37-40-24-18-13-19-25-40/h11-25,41-42H,10,26-37H2,1-9H3,(H,53,54)(H,55,56). The molecule has 2 aliphatic rings. The van der Waals surface area contributed by atoms with Crippen LogP contribution in [0.1, 0.15) is 118 Å². The molecule has 0 aromatic heterocycles. The van der Waals surface area contributed by atoms with E-state index in [4.69, 9.17) is 9.47 Å². The predicted molar refractivity (Wildman–Crippen MR) is 233 cm³/mol. The van der Waals surface area contributed by atoms with Crippen LogP contribution in [0.5, 0.6) is 0 Å². The molecule has 5 rings (SSSR count). The molecule has 0 unspecified atom stereocenters. The maximum Gasteiger partial charge on any atom is 0.321 e. The van der Waals surface area contributed by atoms with Crippen molar-refractivity contribution in [2.75, 3.05) is 26.3 Å². The van der Waals surface area contributed by atoms with Crippen LogP contribution in [0.2, 0.25) is 0 Å². The highest BCUT2D eigenvalue weighted by molar-refractivity contribution is 6.00. The fourth-order valence-electron chi connectivity index (χ4n) is 12.2. The van der Waals surface area contributed by atoms with E-state index in [1.165, 1.54) is 0 Å². The predicted octanol–water partition coefficient (Wildman–Crippen LogP) is 10.1. The van der Waals surface area contributed by atoms with Crippen molar-refractivity contribution in [2.24, 2.45) is 22.7 Å². The number of carboxylic acid groups (broad SMARTS) is 2. The summed E-state index contributed by atoms with van der Waals surface area (Å²) < 4.78 is 12.4. The van der Waals surface area contributed by atoms with Crippen molar-refractivity contribution in [3.63, 3.8) is 0 Å². The number of hydrogen-bond donors (Lipinski definition) is 2. The van der Waals surface area contributed by atoms with Gasteiger partial charge in [0.25, 0.3) is 0 Å². The molecule has 0 radical (unpaired) electrons. The monoisotopic (exact) mass is 797 g/mol. The van der Waals surface area contributed by atoms with E-state index in [1.54, 1.807) is 0 Å². The summed E-state index contributed by atoms with van der Waals surface area (Å²) in [6.45, 7) is 23.9. The van der Waals surface area contributed by atoms with Crippen LogP contribution in [-0.4, -0.2) is 80.4 Å². The number of carboxylic acids is 2. The molecule has 2 heterocycles. The van der Waals surface area contributed by atoms with Gasteiger partial charge in [-0.25, -0.2) is 0 Å². The number of ether oxygens (including phenoxy) is 2.